The summed E-state index contributed by atoms with van der Waals surface area (Å²) in [5.74, 6) is 0.659. The molecule has 0 atom stereocenters. The molecule has 0 aromatic carbocycles. The number of rotatable bonds is 7. The lowest BCUT2D eigenvalue weighted by Gasteiger charge is -2.25. The molecule has 0 spiro atoms. The first kappa shape index (κ1) is 15.4. The third-order valence-corrected chi connectivity index (χ3v) is 2.89. The molecule has 1 aromatic rings. The van der Waals surface area contributed by atoms with Gasteiger partial charge in [-0.3, -0.25) is 9.88 Å². The second kappa shape index (κ2) is 7.72. The minimum Gasteiger partial charge on any atom is -0.308 e. The van der Waals surface area contributed by atoms with Crippen LogP contribution < -0.4 is 0 Å². The van der Waals surface area contributed by atoms with Gasteiger partial charge in [-0.1, -0.05) is 25.4 Å². The smallest absolute Gasteiger partial charge is 0.0558 e. The quantitative estimate of drug-likeness (QED) is 0.759. The molecule has 1 aromatic heterocycles. The summed E-state index contributed by atoms with van der Waals surface area (Å²) in [5, 5.41) is 0.761. The van der Waals surface area contributed by atoms with Crippen molar-refractivity contribution in [3.8, 4) is 0 Å². The van der Waals surface area contributed by atoms with Gasteiger partial charge in [0, 0.05) is 37.4 Å². The van der Waals surface area contributed by atoms with E-state index < -0.39 is 0 Å². The summed E-state index contributed by atoms with van der Waals surface area (Å²) >= 11 is 5.99. The van der Waals surface area contributed by atoms with Crippen molar-refractivity contribution in [3.05, 3.63) is 29.0 Å². The lowest BCUT2D eigenvalue weighted by atomic mass is 10.2. The van der Waals surface area contributed by atoms with E-state index in [-0.39, 0.29) is 0 Å². The van der Waals surface area contributed by atoms with Crippen LogP contribution in [0.1, 0.15) is 19.5 Å². The second-order valence-electron chi connectivity index (χ2n) is 5.40. The van der Waals surface area contributed by atoms with Crippen molar-refractivity contribution in [2.24, 2.45) is 5.92 Å². The van der Waals surface area contributed by atoms with Gasteiger partial charge in [-0.05, 0) is 32.1 Å². The normalized spacial score (nSPS) is 11.8. The highest BCUT2D eigenvalue weighted by molar-refractivity contribution is 6.30. The fourth-order valence-electron chi connectivity index (χ4n) is 1.86. The van der Waals surface area contributed by atoms with E-state index in [1.165, 1.54) is 0 Å². The molecule has 1 heterocycles. The van der Waals surface area contributed by atoms with Crippen LogP contribution in [0.2, 0.25) is 5.02 Å². The summed E-state index contributed by atoms with van der Waals surface area (Å²) in [4.78, 5) is 9.01. The molecular weight excluding hydrogens is 246 g/mol. The van der Waals surface area contributed by atoms with E-state index in [9.17, 15) is 0 Å². The van der Waals surface area contributed by atoms with Crippen LogP contribution in [-0.2, 0) is 6.54 Å². The van der Waals surface area contributed by atoms with Crippen molar-refractivity contribution in [3.63, 3.8) is 0 Å². The maximum atomic E-state index is 5.99. The fourth-order valence-corrected chi connectivity index (χ4v) is 2.04. The van der Waals surface area contributed by atoms with Crippen LogP contribution in [0.15, 0.2) is 18.3 Å². The van der Waals surface area contributed by atoms with Gasteiger partial charge in [-0.2, -0.15) is 0 Å². The minimum absolute atomic E-state index is 0.659. The van der Waals surface area contributed by atoms with E-state index in [1.807, 2.05) is 12.1 Å². The Balaban J connectivity index is 2.59. The summed E-state index contributed by atoms with van der Waals surface area (Å²) in [6.45, 7) is 8.56. The predicted octanol–water partition coefficient (Wildman–Crippen LogP) is 2.75. The maximum absolute atomic E-state index is 5.99. The Morgan fingerprint density at radius 2 is 2.00 bits per heavy atom. The number of nitrogens with zero attached hydrogens (tertiary/aromatic N) is 3. The summed E-state index contributed by atoms with van der Waals surface area (Å²) in [6, 6.07) is 3.77. The monoisotopic (exact) mass is 269 g/mol. The van der Waals surface area contributed by atoms with Crippen LogP contribution in [0.25, 0.3) is 0 Å². The van der Waals surface area contributed by atoms with Crippen molar-refractivity contribution >= 4 is 11.6 Å². The van der Waals surface area contributed by atoms with Gasteiger partial charge in [0.1, 0.15) is 0 Å². The zero-order chi connectivity index (χ0) is 13.5. The average molecular weight is 270 g/mol. The molecular formula is C14H24ClN3. The molecule has 102 valence electrons. The molecule has 0 aliphatic rings. The SMILES string of the molecule is CC(C)CN(CCN(C)C)Cc1cc(Cl)ccn1. The van der Waals surface area contributed by atoms with Crippen molar-refractivity contribution in [1.29, 1.82) is 0 Å². The molecule has 0 radical (unpaired) electrons. The van der Waals surface area contributed by atoms with E-state index in [0.717, 1.165) is 36.9 Å². The molecule has 3 nitrogen and oxygen atoms in total. The topological polar surface area (TPSA) is 19.4 Å². The molecule has 0 fully saturated rings. The Morgan fingerprint density at radius 1 is 1.28 bits per heavy atom. The summed E-state index contributed by atoms with van der Waals surface area (Å²) < 4.78 is 0. The number of pyridine rings is 1. The molecule has 0 N–H and O–H groups in total. The van der Waals surface area contributed by atoms with Crippen LogP contribution in [0, 0.1) is 5.92 Å². The lowest BCUT2D eigenvalue weighted by molar-refractivity contribution is 0.209. The molecule has 0 saturated carbocycles. The highest BCUT2D eigenvalue weighted by Gasteiger charge is 2.09. The Labute approximate surface area is 116 Å². The van der Waals surface area contributed by atoms with Crippen molar-refractivity contribution in [2.75, 3.05) is 33.7 Å². The Bertz CT molecular complexity index is 353. The number of halogens is 1. The molecule has 0 saturated heterocycles. The van der Waals surface area contributed by atoms with Crippen LogP contribution >= 0.6 is 11.6 Å². The molecule has 0 aliphatic carbocycles. The van der Waals surface area contributed by atoms with Crippen LogP contribution in [-0.4, -0.2) is 48.5 Å². The molecule has 4 heteroatoms. The Kier molecular flexibility index (Phi) is 6.61. The fraction of sp³-hybridized carbons (Fsp3) is 0.643. The Morgan fingerprint density at radius 3 is 2.56 bits per heavy atom. The van der Waals surface area contributed by atoms with Gasteiger partial charge in [0.25, 0.3) is 0 Å². The molecule has 1 rings (SSSR count). The molecule has 0 amide bonds. The number of likely N-dealkylation sites (N-methyl/N-ethyl adjacent to an activating group) is 1. The highest BCUT2D eigenvalue weighted by atomic mass is 35.5. The van der Waals surface area contributed by atoms with E-state index >= 15 is 0 Å². The van der Waals surface area contributed by atoms with Crippen molar-refractivity contribution in [2.45, 2.75) is 20.4 Å². The first-order chi connectivity index (χ1) is 8.47. The molecule has 0 aliphatic heterocycles. The zero-order valence-corrected chi connectivity index (χ0v) is 12.6. The van der Waals surface area contributed by atoms with Crippen LogP contribution in [0.3, 0.4) is 0 Å². The number of hydrogen-bond acceptors (Lipinski definition) is 3. The first-order valence-corrected chi connectivity index (χ1v) is 6.82. The van der Waals surface area contributed by atoms with Crippen LogP contribution in [0.5, 0.6) is 0 Å². The summed E-state index contributed by atoms with van der Waals surface area (Å²) in [7, 11) is 4.20. The van der Waals surface area contributed by atoms with E-state index in [2.05, 4.69) is 42.7 Å². The standard InChI is InChI=1S/C14H24ClN3/c1-12(2)10-18(8-7-17(3)4)11-14-9-13(15)5-6-16-14/h5-6,9,12H,7-8,10-11H2,1-4H3. The van der Waals surface area contributed by atoms with Gasteiger partial charge in [-0.25, -0.2) is 0 Å². The molecule has 0 bridgehead atoms. The van der Waals surface area contributed by atoms with E-state index in [0.29, 0.717) is 5.92 Å². The Hall–Kier alpha value is -0.640. The predicted molar refractivity (Wildman–Crippen MR) is 77.9 cm³/mol. The van der Waals surface area contributed by atoms with Gasteiger partial charge in [0.2, 0.25) is 0 Å². The maximum Gasteiger partial charge on any atom is 0.0558 e. The van der Waals surface area contributed by atoms with Gasteiger partial charge >= 0.3 is 0 Å². The van der Waals surface area contributed by atoms with Crippen LogP contribution in [0.4, 0.5) is 0 Å². The van der Waals surface area contributed by atoms with Gasteiger partial charge < -0.3 is 4.90 Å². The highest BCUT2D eigenvalue weighted by Crippen LogP contribution is 2.11. The van der Waals surface area contributed by atoms with Gasteiger partial charge in [0.15, 0.2) is 0 Å². The summed E-state index contributed by atoms with van der Waals surface area (Å²) in [5.41, 5.74) is 1.04. The largest absolute Gasteiger partial charge is 0.308 e. The lowest BCUT2D eigenvalue weighted by Crippen LogP contribution is -2.34. The average Bonchev–Trinajstić information content (AvgIpc) is 2.25. The van der Waals surface area contributed by atoms with Crippen molar-refractivity contribution in [1.82, 2.24) is 14.8 Å². The van der Waals surface area contributed by atoms with Gasteiger partial charge in [0.05, 0.1) is 5.69 Å². The second-order valence-corrected chi connectivity index (χ2v) is 5.83. The van der Waals surface area contributed by atoms with Gasteiger partial charge in [-0.15, -0.1) is 0 Å². The van der Waals surface area contributed by atoms with Crippen molar-refractivity contribution < 1.29 is 0 Å². The first-order valence-electron chi connectivity index (χ1n) is 6.45. The third-order valence-electron chi connectivity index (χ3n) is 2.65. The summed E-state index contributed by atoms with van der Waals surface area (Å²) in [6.07, 6.45) is 1.77. The number of aromatic nitrogens is 1. The van der Waals surface area contributed by atoms with E-state index in [4.69, 9.17) is 11.6 Å². The zero-order valence-electron chi connectivity index (χ0n) is 11.9. The number of hydrogen-bond donors (Lipinski definition) is 0. The molecule has 0 unspecified atom stereocenters. The molecule has 18 heavy (non-hydrogen) atoms. The third kappa shape index (κ3) is 6.34. The minimum atomic E-state index is 0.659. The van der Waals surface area contributed by atoms with E-state index in [1.54, 1.807) is 6.20 Å².